The second kappa shape index (κ2) is 12.6. The Balaban J connectivity index is 2.47. The van der Waals surface area contributed by atoms with Crippen LogP contribution in [0.25, 0.3) is 0 Å². The SMILES string of the molecule is CCOCC(C)(C)CC=C[C@H]1CCC(=O)[C@@H]1CCCCC=C(OC(C)=O)C(=O)O. The molecule has 2 atom stereocenters. The number of ether oxygens (including phenoxy) is 2. The zero-order valence-corrected chi connectivity index (χ0v) is 18.2. The van der Waals surface area contributed by atoms with Gasteiger partial charge in [-0.3, -0.25) is 9.59 Å². The lowest BCUT2D eigenvalue weighted by Crippen LogP contribution is -2.18. The zero-order valence-electron chi connectivity index (χ0n) is 18.2. The minimum Gasteiger partial charge on any atom is -0.475 e. The highest BCUT2D eigenvalue weighted by Crippen LogP contribution is 2.34. The Morgan fingerprint density at radius 3 is 2.62 bits per heavy atom. The summed E-state index contributed by atoms with van der Waals surface area (Å²) in [6, 6.07) is 0. The summed E-state index contributed by atoms with van der Waals surface area (Å²) in [5.41, 5.74) is 0.0841. The first-order valence-corrected chi connectivity index (χ1v) is 10.5. The highest BCUT2D eigenvalue weighted by Gasteiger charge is 2.32. The monoisotopic (exact) mass is 408 g/mol. The van der Waals surface area contributed by atoms with E-state index in [9.17, 15) is 14.4 Å². The average molecular weight is 409 g/mol. The summed E-state index contributed by atoms with van der Waals surface area (Å²) in [6.07, 6.45) is 11.2. The van der Waals surface area contributed by atoms with Gasteiger partial charge in [0.15, 0.2) is 0 Å². The number of carbonyl (C=O) groups excluding carboxylic acids is 2. The molecule has 1 N–H and O–H groups in total. The van der Waals surface area contributed by atoms with Crippen molar-refractivity contribution in [3.8, 4) is 0 Å². The molecule has 164 valence electrons. The molecule has 1 aliphatic carbocycles. The maximum absolute atomic E-state index is 12.3. The van der Waals surface area contributed by atoms with Crippen LogP contribution in [0.15, 0.2) is 24.0 Å². The van der Waals surface area contributed by atoms with E-state index in [0.717, 1.165) is 45.3 Å². The molecule has 6 nitrogen and oxygen atoms in total. The molecule has 1 aliphatic rings. The Labute approximate surface area is 174 Å². The third kappa shape index (κ3) is 9.88. The summed E-state index contributed by atoms with van der Waals surface area (Å²) < 4.78 is 10.2. The maximum atomic E-state index is 12.3. The first-order chi connectivity index (χ1) is 13.7. The number of unbranched alkanes of at least 4 members (excludes halogenated alkanes) is 2. The topological polar surface area (TPSA) is 89.9 Å². The molecular weight excluding hydrogens is 372 g/mol. The van der Waals surface area contributed by atoms with Gasteiger partial charge >= 0.3 is 11.9 Å². The van der Waals surface area contributed by atoms with Crippen LogP contribution in [0.3, 0.4) is 0 Å². The van der Waals surface area contributed by atoms with Crippen LogP contribution in [-0.2, 0) is 23.9 Å². The van der Waals surface area contributed by atoms with Crippen molar-refractivity contribution in [1.29, 1.82) is 0 Å². The van der Waals surface area contributed by atoms with E-state index in [4.69, 9.17) is 9.84 Å². The number of esters is 1. The van der Waals surface area contributed by atoms with Gasteiger partial charge in [-0.2, -0.15) is 0 Å². The smallest absolute Gasteiger partial charge is 0.371 e. The number of hydrogen-bond donors (Lipinski definition) is 1. The minimum absolute atomic E-state index is 0.0534. The van der Waals surface area contributed by atoms with E-state index in [1.165, 1.54) is 13.0 Å². The second-order valence-electron chi connectivity index (χ2n) is 8.46. The van der Waals surface area contributed by atoms with Crippen molar-refractivity contribution in [3.05, 3.63) is 24.0 Å². The molecule has 0 radical (unpaired) electrons. The molecule has 1 fully saturated rings. The number of allylic oxidation sites excluding steroid dienone is 3. The van der Waals surface area contributed by atoms with Crippen molar-refractivity contribution in [1.82, 2.24) is 0 Å². The van der Waals surface area contributed by atoms with Crippen molar-refractivity contribution >= 4 is 17.7 Å². The molecule has 0 aromatic rings. The highest BCUT2D eigenvalue weighted by molar-refractivity contribution is 5.87. The van der Waals surface area contributed by atoms with Crippen molar-refractivity contribution in [2.75, 3.05) is 13.2 Å². The summed E-state index contributed by atoms with van der Waals surface area (Å²) in [5.74, 6) is -1.55. The molecule has 0 bridgehead atoms. The largest absolute Gasteiger partial charge is 0.475 e. The molecule has 0 heterocycles. The standard InChI is InChI=1S/C23H36O6/c1-5-28-16-23(3,4)15-9-10-18-13-14-20(25)19(18)11-7-6-8-12-21(22(26)27)29-17(2)24/h9-10,12,18-19H,5-8,11,13-16H2,1-4H3,(H,26,27)/t18-,19+/m0/s1. The van der Waals surface area contributed by atoms with E-state index in [1.807, 2.05) is 6.92 Å². The first-order valence-electron chi connectivity index (χ1n) is 10.5. The van der Waals surface area contributed by atoms with E-state index in [1.54, 1.807) is 0 Å². The number of carboxylic acids is 1. The van der Waals surface area contributed by atoms with Crippen molar-refractivity contribution < 1.29 is 29.0 Å². The Morgan fingerprint density at radius 1 is 1.28 bits per heavy atom. The van der Waals surface area contributed by atoms with Crippen molar-refractivity contribution in [2.24, 2.45) is 17.3 Å². The summed E-state index contributed by atoms with van der Waals surface area (Å²) >= 11 is 0. The molecular formula is C23H36O6. The molecule has 6 heteroatoms. The van der Waals surface area contributed by atoms with Crippen LogP contribution in [-0.4, -0.2) is 36.0 Å². The Morgan fingerprint density at radius 2 is 2.00 bits per heavy atom. The van der Waals surface area contributed by atoms with Gasteiger partial charge in [0.05, 0.1) is 6.61 Å². The number of rotatable bonds is 13. The second-order valence-corrected chi connectivity index (χ2v) is 8.46. The minimum atomic E-state index is -1.25. The van der Waals surface area contributed by atoms with Crippen LogP contribution in [0, 0.1) is 17.3 Å². The highest BCUT2D eigenvalue weighted by atomic mass is 16.6. The fraction of sp³-hybridized carbons (Fsp3) is 0.696. The van der Waals surface area contributed by atoms with E-state index in [0.29, 0.717) is 18.6 Å². The summed E-state index contributed by atoms with van der Waals surface area (Å²) in [5, 5.41) is 9.00. The van der Waals surface area contributed by atoms with E-state index < -0.39 is 11.9 Å². The number of ketones is 1. The number of carboxylic acid groups (broad SMARTS) is 1. The molecule has 0 unspecified atom stereocenters. The van der Waals surface area contributed by atoms with Crippen LogP contribution in [0.4, 0.5) is 0 Å². The van der Waals surface area contributed by atoms with Gasteiger partial charge in [-0.25, -0.2) is 4.79 Å². The number of hydrogen-bond acceptors (Lipinski definition) is 5. The molecule has 29 heavy (non-hydrogen) atoms. The van der Waals surface area contributed by atoms with Crippen LogP contribution in [0.2, 0.25) is 0 Å². The van der Waals surface area contributed by atoms with Gasteiger partial charge < -0.3 is 14.6 Å². The van der Waals surface area contributed by atoms with Crippen LogP contribution < -0.4 is 0 Å². The normalized spacial score (nSPS) is 20.4. The molecule has 0 aliphatic heterocycles. The molecule has 0 saturated heterocycles. The third-order valence-electron chi connectivity index (χ3n) is 5.17. The Bertz CT molecular complexity index is 617. The Kier molecular flexibility index (Phi) is 10.9. The molecule has 0 aromatic carbocycles. The van der Waals surface area contributed by atoms with E-state index in [2.05, 4.69) is 30.7 Å². The van der Waals surface area contributed by atoms with Crippen molar-refractivity contribution in [2.45, 2.75) is 72.6 Å². The van der Waals surface area contributed by atoms with E-state index >= 15 is 0 Å². The van der Waals surface area contributed by atoms with Gasteiger partial charge in [-0.1, -0.05) is 32.4 Å². The summed E-state index contributed by atoms with van der Waals surface area (Å²) in [6.45, 7) is 8.97. The van der Waals surface area contributed by atoms with Gasteiger partial charge in [0.1, 0.15) is 5.78 Å². The van der Waals surface area contributed by atoms with Crippen LogP contribution in [0.5, 0.6) is 0 Å². The van der Waals surface area contributed by atoms with Gasteiger partial charge in [0.25, 0.3) is 0 Å². The van der Waals surface area contributed by atoms with Gasteiger partial charge in [0, 0.05) is 25.9 Å². The molecule has 0 spiro atoms. The lowest BCUT2D eigenvalue weighted by molar-refractivity contribution is -0.146. The van der Waals surface area contributed by atoms with E-state index in [-0.39, 0.29) is 23.0 Å². The lowest BCUT2D eigenvalue weighted by atomic mass is 9.87. The van der Waals surface area contributed by atoms with Gasteiger partial charge in [-0.15, -0.1) is 0 Å². The fourth-order valence-corrected chi connectivity index (χ4v) is 3.61. The fourth-order valence-electron chi connectivity index (χ4n) is 3.61. The third-order valence-corrected chi connectivity index (χ3v) is 5.17. The average Bonchev–Trinajstić information content (AvgIpc) is 2.98. The first kappa shape index (κ1) is 25.1. The summed E-state index contributed by atoms with van der Waals surface area (Å²) in [4.78, 5) is 34.2. The maximum Gasteiger partial charge on any atom is 0.371 e. The van der Waals surface area contributed by atoms with Gasteiger partial charge in [0.2, 0.25) is 5.76 Å². The predicted molar refractivity (Wildman–Crippen MR) is 111 cm³/mol. The summed E-state index contributed by atoms with van der Waals surface area (Å²) in [7, 11) is 0. The quantitative estimate of drug-likeness (QED) is 0.156. The predicted octanol–water partition coefficient (Wildman–Crippen LogP) is 4.68. The Hall–Kier alpha value is -1.95. The zero-order chi connectivity index (χ0) is 21.9. The number of carbonyl (C=O) groups is 3. The molecule has 0 amide bonds. The van der Waals surface area contributed by atoms with Crippen LogP contribution >= 0.6 is 0 Å². The lowest BCUT2D eigenvalue weighted by Gasteiger charge is -2.22. The van der Waals surface area contributed by atoms with Gasteiger partial charge in [-0.05, 0) is 56.4 Å². The number of aliphatic carboxylic acids is 1. The van der Waals surface area contributed by atoms with Crippen molar-refractivity contribution in [3.63, 3.8) is 0 Å². The molecule has 1 rings (SSSR count). The van der Waals surface area contributed by atoms with Crippen LogP contribution in [0.1, 0.15) is 72.6 Å². The molecule has 1 saturated carbocycles. The number of Topliss-reactive ketones (excluding diaryl/α,β-unsaturated/α-hetero) is 1. The molecule has 0 aromatic heterocycles.